The number of hydrogen-bond donors (Lipinski definition) is 1. The second-order valence-corrected chi connectivity index (χ2v) is 6.46. The van der Waals surface area contributed by atoms with Crippen molar-refractivity contribution in [2.75, 3.05) is 13.1 Å². The number of likely N-dealkylation sites (tertiary alicyclic amines) is 1. The van der Waals surface area contributed by atoms with Crippen LogP contribution < -0.4 is 10.5 Å². The molecule has 1 heterocycles. The molecule has 4 nitrogen and oxygen atoms in total. The van der Waals surface area contributed by atoms with E-state index in [1.807, 2.05) is 35.2 Å². The number of piperidine rings is 1. The Hall–Kier alpha value is -2.04. The van der Waals surface area contributed by atoms with Gasteiger partial charge in [-0.2, -0.15) is 0 Å². The molecule has 2 aromatic carbocycles. The average molecular weight is 345 g/mol. The maximum Gasteiger partial charge on any atom is 0.268 e. The molecule has 1 amide bonds. The fourth-order valence-corrected chi connectivity index (χ4v) is 2.95. The van der Waals surface area contributed by atoms with Crippen LogP contribution in [0.1, 0.15) is 24.5 Å². The van der Waals surface area contributed by atoms with Crippen LogP contribution in [-0.2, 0) is 4.79 Å². The fraction of sp³-hybridized carbons (Fsp3) is 0.316. The summed E-state index contributed by atoms with van der Waals surface area (Å²) < 4.78 is 6.02. The van der Waals surface area contributed by atoms with Crippen molar-refractivity contribution in [3.05, 3.63) is 65.2 Å². The minimum Gasteiger partial charge on any atom is -0.476 e. The van der Waals surface area contributed by atoms with E-state index in [0.717, 1.165) is 18.4 Å². The molecule has 0 bridgehead atoms. The molecule has 1 saturated heterocycles. The SMILES string of the molecule is NC1CCN(C(=O)C(Oc2ccc(Cl)cc2)c2ccccc2)CC1. The van der Waals surface area contributed by atoms with E-state index in [0.29, 0.717) is 23.9 Å². The summed E-state index contributed by atoms with van der Waals surface area (Å²) >= 11 is 5.92. The molecule has 1 aliphatic rings. The van der Waals surface area contributed by atoms with Crippen LogP contribution in [0.5, 0.6) is 5.75 Å². The Labute approximate surface area is 147 Å². The molecule has 2 aromatic rings. The third-order valence-electron chi connectivity index (χ3n) is 4.25. The van der Waals surface area contributed by atoms with Crippen molar-refractivity contribution in [2.24, 2.45) is 5.73 Å². The maximum atomic E-state index is 13.0. The summed E-state index contributed by atoms with van der Waals surface area (Å²) in [6, 6.07) is 16.8. The number of ether oxygens (including phenoxy) is 1. The Morgan fingerprint density at radius 1 is 1.08 bits per heavy atom. The summed E-state index contributed by atoms with van der Waals surface area (Å²) in [5.74, 6) is 0.596. The first kappa shape index (κ1) is 16.8. The number of carbonyl (C=O) groups excluding carboxylic acids is 1. The van der Waals surface area contributed by atoms with Gasteiger partial charge in [0.25, 0.3) is 5.91 Å². The molecule has 1 fully saturated rings. The summed E-state index contributed by atoms with van der Waals surface area (Å²) in [6.07, 6.45) is 0.990. The van der Waals surface area contributed by atoms with Gasteiger partial charge < -0.3 is 15.4 Å². The highest BCUT2D eigenvalue weighted by atomic mass is 35.5. The van der Waals surface area contributed by atoms with Gasteiger partial charge in [-0.25, -0.2) is 0 Å². The Morgan fingerprint density at radius 2 is 1.71 bits per heavy atom. The number of amides is 1. The van der Waals surface area contributed by atoms with Gasteiger partial charge in [0.2, 0.25) is 6.10 Å². The minimum absolute atomic E-state index is 0.0250. The zero-order chi connectivity index (χ0) is 16.9. The van der Waals surface area contributed by atoms with Crippen LogP contribution in [0.4, 0.5) is 0 Å². The van der Waals surface area contributed by atoms with E-state index in [1.54, 1.807) is 24.3 Å². The molecule has 0 saturated carbocycles. The molecule has 1 aliphatic heterocycles. The standard InChI is InChI=1S/C19H21ClN2O2/c20-15-6-8-17(9-7-15)24-18(14-4-2-1-3-5-14)19(23)22-12-10-16(21)11-13-22/h1-9,16,18H,10-13,21H2. The van der Waals surface area contributed by atoms with E-state index < -0.39 is 6.10 Å². The van der Waals surface area contributed by atoms with Gasteiger partial charge in [0, 0.05) is 29.7 Å². The molecular formula is C19H21ClN2O2. The second-order valence-electron chi connectivity index (χ2n) is 6.03. The minimum atomic E-state index is -0.665. The molecule has 3 rings (SSSR count). The molecule has 0 aliphatic carbocycles. The number of nitrogens with zero attached hydrogens (tertiary/aromatic N) is 1. The number of halogens is 1. The molecule has 0 spiro atoms. The number of nitrogens with two attached hydrogens (primary N) is 1. The lowest BCUT2D eigenvalue weighted by Gasteiger charge is -2.33. The van der Waals surface area contributed by atoms with Crippen molar-refractivity contribution < 1.29 is 9.53 Å². The number of benzene rings is 2. The summed E-state index contributed by atoms with van der Waals surface area (Å²) in [5.41, 5.74) is 6.78. The van der Waals surface area contributed by atoms with Crippen LogP contribution in [0.2, 0.25) is 5.02 Å². The fourth-order valence-electron chi connectivity index (χ4n) is 2.82. The van der Waals surface area contributed by atoms with Gasteiger partial charge in [0.1, 0.15) is 5.75 Å². The van der Waals surface area contributed by atoms with Crippen molar-refractivity contribution in [1.82, 2.24) is 4.90 Å². The van der Waals surface area contributed by atoms with E-state index in [4.69, 9.17) is 22.1 Å². The van der Waals surface area contributed by atoms with Gasteiger partial charge >= 0.3 is 0 Å². The number of rotatable bonds is 4. The van der Waals surface area contributed by atoms with Gasteiger partial charge in [0.15, 0.2) is 0 Å². The monoisotopic (exact) mass is 344 g/mol. The van der Waals surface area contributed by atoms with Crippen LogP contribution in [0.3, 0.4) is 0 Å². The van der Waals surface area contributed by atoms with Crippen molar-refractivity contribution in [2.45, 2.75) is 25.0 Å². The van der Waals surface area contributed by atoms with Gasteiger partial charge in [-0.05, 0) is 37.1 Å². The van der Waals surface area contributed by atoms with Crippen LogP contribution in [0.15, 0.2) is 54.6 Å². The lowest BCUT2D eigenvalue weighted by atomic mass is 10.0. The van der Waals surface area contributed by atoms with Gasteiger partial charge in [-0.1, -0.05) is 41.9 Å². The second kappa shape index (κ2) is 7.69. The molecule has 126 valence electrons. The van der Waals surface area contributed by atoms with E-state index in [-0.39, 0.29) is 11.9 Å². The molecule has 5 heteroatoms. The van der Waals surface area contributed by atoms with Gasteiger partial charge in [-0.3, -0.25) is 4.79 Å². The summed E-state index contributed by atoms with van der Waals surface area (Å²) in [7, 11) is 0. The summed E-state index contributed by atoms with van der Waals surface area (Å²) in [5, 5.41) is 0.634. The zero-order valence-corrected chi connectivity index (χ0v) is 14.2. The highest BCUT2D eigenvalue weighted by Crippen LogP contribution is 2.26. The summed E-state index contributed by atoms with van der Waals surface area (Å²) in [6.45, 7) is 1.35. The highest BCUT2D eigenvalue weighted by Gasteiger charge is 2.30. The summed E-state index contributed by atoms with van der Waals surface area (Å²) in [4.78, 5) is 14.9. The molecule has 1 atom stereocenters. The highest BCUT2D eigenvalue weighted by molar-refractivity contribution is 6.30. The van der Waals surface area contributed by atoms with Crippen molar-refractivity contribution in [1.29, 1.82) is 0 Å². The molecule has 1 unspecified atom stereocenters. The van der Waals surface area contributed by atoms with Crippen LogP contribution in [0.25, 0.3) is 0 Å². The van der Waals surface area contributed by atoms with E-state index >= 15 is 0 Å². The first-order valence-electron chi connectivity index (χ1n) is 8.15. The van der Waals surface area contributed by atoms with Crippen LogP contribution in [0, 0.1) is 0 Å². The molecule has 0 aromatic heterocycles. The Balaban J connectivity index is 1.82. The van der Waals surface area contributed by atoms with E-state index in [9.17, 15) is 4.79 Å². The van der Waals surface area contributed by atoms with Crippen molar-refractivity contribution >= 4 is 17.5 Å². The predicted molar refractivity (Wildman–Crippen MR) is 95.1 cm³/mol. The maximum absolute atomic E-state index is 13.0. The van der Waals surface area contributed by atoms with Crippen molar-refractivity contribution in [3.8, 4) is 5.75 Å². The Morgan fingerprint density at radius 3 is 2.33 bits per heavy atom. The van der Waals surface area contributed by atoms with E-state index in [1.165, 1.54) is 0 Å². The Kier molecular flexibility index (Phi) is 5.38. The van der Waals surface area contributed by atoms with Crippen LogP contribution >= 0.6 is 11.6 Å². The lowest BCUT2D eigenvalue weighted by molar-refractivity contribution is -0.140. The number of hydrogen-bond acceptors (Lipinski definition) is 3. The molecule has 0 radical (unpaired) electrons. The third kappa shape index (κ3) is 4.08. The number of carbonyl (C=O) groups is 1. The lowest BCUT2D eigenvalue weighted by Crippen LogP contribution is -2.45. The smallest absolute Gasteiger partial charge is 0.268 e. The first-order chi connectivity index (χ1) is 11.6. The van der Waals surface area contributed by atoms with E-state index in [2.05, 4.69) is 0 Å². The predicted octanol–water partition coefficient (Wildman–Crippen LogP) is 3.41. The quantitative estimate of drug-likeness (QED) is 0.924. The molecular weight excluding hydrogens is 324 g/mol. The normalized spacial score (nSPS) is 16.7. The average Bonchev–Trinajstić information content (AvgIpc) is 2.62. The topological polar surface area (TPSA) is 55.6 Å². The third-order valence-corrected chi connectivity index (χ3v) is 4.50. The molecule has 2 N–H and O–H groups in total. The largest absolute Gasteiger partial charge is 0.476 e. The zero-order valence-electron chi connectivity index (χ0n) is 13.4. The molecule has 24 heavy (non-hydrogen) atoms. The van der Waals surface area contributed by atoms with Crippen molar-refractivity contribution in [3.63, 3.8) is 0 Å². The first-order valence-corrected chi connectivity index (χ1v) is 8.53. The van der Waals surface area contributed by atoms with Crippen LogP contribution in [-0.4, -0.2) is 29.9 Å². The Bertz CT molecular complexity index is 668. The van der Waals surface area contributed by atoms with Gasteiger partial charge in [0.05, 0.1) is 0 Å². The van der Waals surface area contributed by atoms with Gasteiger partial charge in [-0.15, -0.1) is 0 Å².